The van der Waals surface area contributed by atoms with E-state index < -0.39 is 11.8 Å². The van der Waals surface area contributed by atoms with E-state index in [1.54, 1.807) is 6.92 Å². The van der Waals surface area contributed by atoms with Gasteiger partial charge >= 0.3 is 11.9 Å². The van der Waals surface area contributed by atoms with Gasteiger partial charge in [-0.25, -0.2) is 4.79 Å². The van der Waals surface area contributed by atoms with E-state index >= 15 is 0 Å². The van der Waals surface area contributed by atoms with Gasteiger partial charge in [0.25, 0.3) is 0 Å². The zero-order chi connectivity index (χ0) is 13.7. The van der Waals surface area contributed by atoms with Crippen LogP contribution in [0.25, 0.3) is 0 Å². The normalized spacial score (nSPS) is 8.71. The minimum absolute atomic E-state index is 0.175. The van der Waals surface area contributed by atoms with Crippen molar-refractivity contribution in [1.29, 1.82) is 0 Å². The molecule has 17 heavy (non-hydrogen) atoms. The molecule has 0 N–H and O–H groups in total. The third-order valence-corrected chi connectivity index (χ3v) is 1.62. The van der Waals surface area contributed by atoms with Crippen molar-refractivity contribution in [3.8, 4) is 0 Å². The van der Waals surface area contributed by atoms with Crippen LogP contribution in [-0.2, 0) is 23.9 Å². The molecule has 0 saturated heterocycles. The number of unbranched alkanes of at least 4 members (excludes halogenated alkanes) is 2. The Bertz CT molecular complexity index is 235. The number of carbonyl (C=O) groups is 3. The second-order valence-corrected chi connectivity index (χ2v) is 3.32. The predicted molar refractivity (Wildman–Crippen MR) is 63.5 cm³/mol. The molecule has 0 bridgehead atoms. The topological polar surface area (TPSA) is 69.7 Å². The first kappa shape index (κ1) is 18.0. The van der Waals surface area contributed by atoms with Gasteiger partial charge in [-0.1, -0.05) is 19.8 Å². The Morgan fingerprint density at radius 3 is 1.82 bits per heavy atom. The van der Waals surface area contributed by atoms with Gasteiger partial charge in [-0.2, -0.15) is 0 Å². The Kier molecular flexibility index (Phi) is 13.4. The largest absolute Gasteiger partial charge is 0.466 e. The van der Waals surface area contributed by atoms with Crippen LogP contribution in [0, 0.1) is 0 Å². The highest BCUT2D eigenvalue weighted by Gasteiger charge is 2.05. The van der Waals surface area contributed by atoms with Gasteiger partial charge in [-0.15, -0.1) is 0 Å². The van der Waals surface area contributed by atoms with Crippen LogP contribution in [0.3, 0.4) is 0 Å². The number of Topliss-reactive ketones (excluding diaryl/α,β-unsaturated/α-hetero) is 1. The van der Waals surface area contributed by atoms with E-state index in [1.165, 1.54) is 20.3 Å². The molecule has 0 aromatic rings. The Morgan fingerprint density at radius 2 is 1.53 bits per heavy atom. The molecular formula is C12H22O5. The average Bonchev–Trinajstić information content (AvgIpc) is 2.25. The Labute approximate surface area is 102 Å². The maximum absolute atomic E-state index is 10.2. The lowest BCUT2D eigenvalue weighted by atomic mass is 10.3. The van der Waals surface area contributed by atoms with E-state index in [9.17, 15) is 14.4 Å². The highest BCUT2D eigenvalue weighted by Crippen LogP contribution is 1.93. The number of carbonyl (C=O) groups excluding carboxylic acids is 3. The molecule has 0 heterocycles. The maximum atomic E-state index is 10.2. The molecule has 100 valence electrons. The van der Waals surface area contributed by atoms with E-state index in [1.807, 2.05) is 0 Å². The summed E-state index contributed by atoms with van der Waals surface area (Å²) in [5.74, 6) is -1.48. The van der Waals surface area contributed by atoms with Crippen LogP contribution in [0.5, 0.6) is 0 Å². The summed E-state index contributed by atoms with van der Waals surface area (Å²) >= 11 is 0. The first-order valence-electron chi connectivity index (χ1n) is 5.76. The fraction of sp³-hybridized carbons (Fsp3) is 0.750. The van der Waals surface area contributed by atoms with Gasteiger partial charge in [-0.05, 0) is 13.3 Å². The average molecular weight is 246 g/mol. The van der Waals surface area contributed by atoms with E-state index in [0.29, 0.717) is 6.61 Å². The Hall–Kier alpha value is -1.39. The SMILES string of the molecule is CCCCCOC(C)=O.CCOC(=O)C(C)=O. The highest BCUT2D eigenvalue weighted by molar-refractivity contribution is 6.32. The van der Waals surface area contributed by atoms with Crippen molar-refractivity contribution in [2.75, 3.05) is 13.2 Å². The summed E-state index contributed by atoms with van der Waals surface area (Å²) in [7, 11) is 0. The molecule has 0 aliphatic heterocycles. The number of ketones is 1. The summed E-state index contributed by atoms with van der Waals surface area (Å²) in [6.07, 6.45) is 3.31. The molecule has 0 spiro atoms. The molecule has 0 fully saturated rings. The highest BCUT2D eigenvalue weighted by atomic mass is 16.5. The van der Waals surface area contributed by atoms with Crippen LogP contribution in [0.1, 0.15) is 47.0 Å². The minimum Gasteiger partial charge on any atom is -0.466 e. The van der Waals surface area contributed by atoms with Crippen LogP contribution < -0.4 is 0 Å². The van der Waals surface area contributed by atoms with Crippen LogP contribution in [0.2, 0.25) is 0 Å². The van der Waals surface area contributed by atoms with Crippen molar-refractivity contribution >= 4 is 17.7 Å². The summed E-state index contributed by atoms with van der Waals surface area (Å²) in [5, 5.41) is 0. The third-order valence-electron chi connectivity index (χ3n) is 1.62. The van der Waals surface area contributed by atoms with E-state index in [4.69, 9.17) is 4.74 Å². The van der Waals surface area contributed by atoms with Gasteiger partial charge in [0.05, 0.1) is 13.2 Å². The van der Waals surface area contributed by atoms with Crippen LogP contribution >= 0.6 is 0 Å². The molecule has 0 radical (unpaired) electrons. The molecule has 0 atom stereocenters. The maximum Gasteiger partial charge on any atom is 0.374 e. The van der Waals surface area contributed by atoms with Crippen molar-refractivity contribution in [2.45, 2.75) is 47.0 Å². The standard InChI is InChI=1S/C7H14O2.C5H8O3/c1-3-4-5-6-9-7(2)8;1-3-8-5(7)4(2)6/h3-6H2,1-2H3;3H2,1-2H3. The van der Waals surface area contributed by atoms with Crippen LogP contribution in [0.15, 0.2) is 0 Å². The van der Waals surface area contributed by atoms with Gasteiger partial charge in [0.2, 0.25) is 5.78 Å². The molecule has 0 amide bonds. The van der Waals surface area contributed by atoms with Gasteiger partial charge in [0.1, 0.15) is 0 Å². The first-order chi connectivity index (χ1) is 7.95. The van der Waals surface area contributed by atoms with Crippen LogP contribution in [0.4, 0.5) is 0 Å². The molecule has 0 saturated carbocycles. The summed E-state index contributed by atoms with van der Waals surface area (Å²) in [5.41, 5.74) is 0. The second kappa shape index (κ2) is 12.7. The number of ether oxygens (including phenoxy) is 2. The van der Waals surface area contributed by atoms with Gasteiger partial charge in [0, 0.05) is 13.8 Å². The first-order valence-corrected chi connectivity index (χ1v) is 5.76. The number of hydrogen-bond donors (Lipinski definition) is 0. The van der Waals surface area contributed by atoms with Crippen molar-refractivity contribution in [1.82, 2.24) is 0 Å². The smallest absolute Gasteiger partial charge is 0.374 e. The fourth-order valence-corrected chi connectivity index (χ4v) is 0.801. The van der Waals surface area contributed by atoms with E-state index in [-0.39, 0.29) is 12.6 Å². The molecule has 5 nitrogen and oxygen atoms in total. The Morgan fingerprint density at radius 1 is 0.941 bits per heavy atom. The molecule has 5 heteroatoms. The van der Waals surface area contributed by atoms with E-state index in [2.05, 4.69) is 11.7 Å². The number of rotatable bonds is 6. The van der Waals surface area contributed by atoms with Crippen molar-refractivity contribution < 1.29 is 23.9 Å². The molecule has 0 aliphatic carbocycles. The molecule has 0 aromatic heterocycles. The second-order valence-electron chi connectivity index (χ2n) is 3.32. The third kappa shape index (κ3) is 17.2. The van der Waals surface area contributed by atoms with Gasteiger partial charge < -0.3 is 9.47 Å². The van der Waals surface area contributed by atoms with E-state index in [0.717, 1.165) is 12.8 Å². The lowest BCUT2D eigenvalue weighted by molar-refractivity contribution is -0.152. The minimum atomic E-state index is -0.757. The molecule has 0 aliphatic rings. The number of esters is 2. The predicted octanol–water partition coefficient (Wildman–Crippen LogP) is 1.88. The zero-order valence-electron chi connectivity index (χ0n) is 11.1. The lowest BCUT2D eigenvalue weighted by Gasteiger charge is -1.98. The van der Waals surface area contributed by atoms with Crippen molar-refractivity contribution in [3.05, 3.63) is 0 Å². The molecular weight excluding hydrogens is 224 g/mol. The van der Waals surface area contributed by atoms with Crippen LogP contribution in [-0.4, -0.2) is 30.9 Å². The Balaban J connectivity index is 0. The summed E-state index contributed by atoms with van der Waals surface area (Å²) in [6.45, 7) is 7.24. The summed E-state index contributed by atoms with van der Waals surface area (Å²) < 4.78 is 9.02. The monoisotopic (exact) mass is 246 g/mol. The van der Waals surface area contributed by atoms with Gasteiger partial charge in [0.15, 0.2) is 0 Å². The summed E-state index contributed by atoms with van der Waals surface area (Å²) in [4.78, 5) is 30.4. The van der Waals surface area contributed by atoms with Gasteiger partial charge in [-0.3, -0.25) is 9.59 Å². The molecule has 0 unspecified atom stereocenters. The number of hydrogen-bond acceptors (Lipinski definition) is 5. The van der Waals surface area contributed by atoms with Crippen molar-refractivity contribution in [3.63, 3.8) is 0 Å². The zero-order valence-corrected chi connectivity index (χ0v) is 11.1. The molecule has 0 aromatic carbocycles. The lowest BCUT2D eigenvalue weighted by Crippen LogP contribution is -2.12. The fourth-order valence-electron chi connectivity index (χ4n) is 0.801. The quantitative estimate of drug-likeness (QED) is 0.406. The van der Waals surface area contributed by atoms with Crippen molar-refractivity contribution in [2.24, 2.45) is 0 Å². The molecule has 0 rings (SSSR count). The summed E-state index contributed by atoms with van der Waals surface area (Å²) in [6, 6.07) is 0.